The van der Waals surface area contributed by atoms with Crippen molar-refractivity contribution in [2.75, 3.05) is 12.4 Å². The zero-order chi connectivity index (χ0) is 18.4. The van der Waals surface area contributed by atoms with E-state index in [1.165, 1.54) is 12.3 Å². The molecule has 1 amide bonds. The number of benzene rings is 2. The third kappa shape index (κ3) is 4.10. The second kappa shape index (κ2) is 8.02. The van der Waals surface area contributed by atoms with Gasteiger partial charge < -0.3 is 14.9 Å². The summed E-state index contributed by atoms with van der Waals surface area (Å²) in [5, 5.41) is 2.69. The van der Waals surface area contributed by atoms with Crippen LogP contribution in [0.25, 0.3) is 0 Å². The van der Waals surface area contributed by atoms with Crippen molar-refractivity contribution in [2.45, 2.75) is 6.61 Å². The van der Waals surface area contributed by atoms with Crippen LogP contribution < -0.4 is 20.5 Å². The van der Waals surface area contributed by atoms with Crippen LogP contribution in [-0.4, -0.2) is 17.7 Å². The Balaban J connectivity index is 1.74. The van der Waals surface area contributed by atoms with E-state index in [4.69, 9.17) is 9.57 Å². The molecule has 0 aliphatic rings. The molecule has 1 heterocycles. The standard InChI is InChI=1S/C20H18N2O4/c1-25-17-10-5-7-15(13-17)14-26-22-12-6-11-18(20(22)24)19(23)21-16-8-3-2-4-9-16/h2-13H,14H2,1H3,(H,21,23). The predicted molar refractivity (Wildman–Crippen MR) is 98.4 cm³/mol. The van der Waals surface area contributed by atoms with Crippen LogP contribution in [0.15, 0.2) is 77.7 Å². The Hall–Kier alpha value is -3.54. The largest absolute Gasteiger partial charge is 0.497 e. The number of pyridine rings is 1. The molecule has 26 heavy (non-hydrogen) atoms. The molecule has 0 radical (unpaired) electrons. The summed E-state index contributed by atoms with van der Waals surface area (Å²) in [5.41, 5.74) is 0.936. The number of aromatic nitrogens is 1. The number of ether oxygens (including phenoxy) is 1. The fourth-order valence-corrected chi connectivity index (χ4v) is 2.38. The number of rotatable bonds is 6. The molecule has 0 spiro atoms. The first kappa shape index (κ1) is 17.3. The third-order valence-corrected chi connectivity index (χ3v) is 3.70. The highest BCUT2D eigenvalue weighted by molar-refractivity contribution is 6.03. The Kier molecular flexibility index (Phi) is 5.34. The van der Waals surface area contributed by atoms with Gasteiger partial charge in [-0.1, -0.05) is 30.3 Å². The number of nitrogens with one attached hydrogen (secondary N) is 1. The fourth-order valence-electron chi connectivity index (χ4n) is 2.38. The van der Waals surface area contributed by atoms with Crippen molar-refractivity contribution in [1.29, 1.82) is 0 Å². The number of para-hydroxylation sites is 1. The number of nitrogens with zero attached hydrogens (tertiary/aromatic N) is 1. The minimum Gasteiger partial charge on any atom is -0.497 e. The van der Waals surface area contributed by atoms with Crippen LogP contribution in [-0.2, 0) is 6.61 Å². The summed E-state index contributed by atoms with van der Waals surface area (Å²) in [6, 6.07) is 19.3. The van der Waals surface area contributed by atoms with E-state index in [9.17, 15) is 9.59 Å². The Morgan fingerprint density at radius 2 is 1.85 bits per heavy atom. The van der Waals surface area contributed by atoms with Crippen LogP contribution in [0, 0.1) is 0 Å². The van der Waals surface area contributed by atoms with Gasteiger partial charge in [0.25, 0.3) is 11.5 Å². The van der Waals surface area contributed by atoms with Gasteiger partial charge in [-0.2, -0.15) is 4.73 Å². The van der Waals surface area contributed by atoms with E-state index in [1.807, 2.05) is 30.3 Å². The molecule has 132 valence electrons. The summed E-state index contributed by atoms with van der Waals surface area (Å²) >= 11 is 0. The molecule has 1 N–H and O–H groups in total. The predicted octanol–water partition coefficient (Wildman–Crippen LogP) is 2.74. The van der Waals surface area contributed by atoms with E-state index in [-0.39, 0.29) is 12.2 Å². The van der Waals surface area contributed by atoms with Crippen molar-refractivity contribution in [3.05, 3.63) is 94.4 Å². The molecular formula is C20H18N2O4. The number of methoxy groups -OCH3 is 1. The van der Waals surface area contributed by atoms with E-state index in [1.54, 1.807) is 37.4 Å². The maximum Gasteiger partial charge on any atom is 0.295 e. The number of carbonyl (C=O) groups excluding carboxylic acids is 1. The lowest BCUT2D eigenvalue weighted by Gasteiger charge is -2.11. The molecular weight excluding hydrogens is 332 g/mol. The maximum absolute atomic E-state index is 12.5. The van der Waals surface area contributed by atoms with Gasteiger partial charge in [0.15, 0.2) is 0 Å². The fraction of sp³-hybridized carbons (Fsp3) is 0.100. The van der Waals surface area contributed by atoms with Gasteiger partial charge in [0.1, 0.15) is 17.9 Å². The summed E-state index contributed by atoms with van der Waals surface area (Å²) in [6.07, 6.45) is 1.47. The summed E-state index contributed by atoms with van der Waals surface area (Å²) in [5.74, 6) is 0.218. The molecule has 0 unspecified atom stereocenters. The molecule has 0 saturated carbocycles. The van der Waals surface area contributed by atoms with Crippen LogP contribution in [0.1, 0.15) is 15.9 Å². The van der Waals surface area contributed by atoms with Crippen LogP contribution in [0.4, 0.5) is 5.69 Å². The van der Waals surface area contributed by atoms with Crippen LogP contribution >= 0.6 is 0 Å². The van der Waals surface area contributed by atoms with E-state index in [2.05, 4.69) is 5.32 Å². The molecule has 6 nitrogen and oxygen atoms in total. The molecule has 1 aromatic heterocycles. The zero-order valence-corrected chi connectivity index (χ0v) is 14.2. The third-order valence-electron chi connectivity index (χ3n) is 3.70. The van der Waals surface area contributed by atoms with Crippen molar-refractivity contribution in [3.8, 4) is 5.75 Å². The minimum absolute atomic E-state index is 0.00185. The second-order valence-electron chi connectivity index (χ2n) is 5.50. The average Bonchev–Trinajstić information content (AvgIpc) is 2.68. The molecule has 2 aromatic carbocycles. The summed E-state index contributed by atoms with van der Waals surface area (Å²) < 4.78 is 6.22. The molecule has 0 fully saturated rings. The lowest BCUT2D eigenvalue weighted by Crippen LogP contribution is -2.32. The monoisotopic (exact) mass is 350 g/mol. The highest BCUT2D eigenvalue weighted by atomic mass is 16.7. The summed E-state index contributed by atoms with van der Waals surface area (Å²) in [4.78, 5) is 30.4. The number of carbonyl (C=O) groups is 1. The summed E-state index contributed by atoms with van der Waals surface area (Å²) in [6.45, 7) is 0.168. The van der Waals surface area contributed by atoms with Crippen molar-refractivity contribution in [3.63, 3.8) is 0 Å². The van der Waals surface area contributed by atoms with Crippen molar-refractivity contribution in [2.24, 2.45) is 0 Å². The highest BCUT2D eigenvalue weighted by Crippen LogP contribution is 2.12. The van der Waals surface area contributed by atoms with E-state index in [0.717, 1.165) is 10.3 Å². The number of hydrogen-bond donors (Lipinski definition) is 1. The molecule has 0 atom stereocenters. The lowest BCUT2D eigenvalue weighted by molar-refractivity contribution is 0.0862. The van der Waals surface area contributed by atoms with Crippen molar-refractivity contribution < 1.29 is 14.4 Å². The molecule has 0 bridgehead atoms. The average molecular weight is 350 g/mol. The molecule has 0 aliphatic carbocycles. The van der Waals surface area contributed by atoms with Gasteiger partial charge in [0.05, 0.1) is 7.11 Å². The van der Waals surface area contributed by atoms with Crippen LogP contribution in [0.3, 0.4) is 0 Å². The van der Waals surface area contributed by atoms with E-state index in [0.29, 0.717) is 11.4 Å². The molecule has 0 aliphatic heterocycles. The SMILES string of the molecule is COc1cccc(COn2cccc(C(=O)Nc3ccccc3)c2=O)c1. The van der Waals surface area contributed by atoms with Gasteiger partial charge in [0.2, 0.25) is 0 Å². The van der Waals surface area contributed by atoms with Gasteiger partial charge in [-0.25, -0.2) is 0 Å². The van der Waals surface area contributed by atoms with Crippen LogP contribution in [0.5, 0.6) is 5.75 Å². The molecule has 0 saturated heterocycles. The van der Waals surface area contributed by atoms with Crippen LogP contribution in [0.2, 0.25) is 0 Å². The lowest BCUT2D eigenvalue weighted by atomic mass is 10.2. The Labute approximate surface area is 150 Å². The van der Waals surface area contributed by atoms with Gasteiger partial charge >= 0.3 is 0 Å². The van der Waals surface area contributed by atoms with Crippen molar-refractivity contribution in [1.82, 2.24) is 4.73 Å². The molecule has 3 aromatic rings. The molecule has 6 heteroatoms. The smallest absolute Gasteiger partial charge is 0.295 e. The van der Waals surface area contributed by atoms with Crippen molar-refractivity contribution >= 4 is 11.6 Å². The number of amides is 1. The van der Waals surface area contributed by atoms with Gasteiger partial charge in [0, 0.05) is 11.9 Å². The quantitative estimate of drug-likeness (QED) is 0.742. The topological polar surface area (TPSA) is 69.6 Å². The summed E-state index contributed by atoms with van der Waals surface area (Å²) in [7, 11) is 1.58. The number of hydrogen-bond acceptors (Lipinski definition) is 4. The maximum atomic E-state index is 12.5. The first-order valence-electron chi connectivity index (χ1n) is 8.01. The second-order valence-corrected chi connectivity index (χ2v) is 5.50. The highest BCUT2D eigenvalue weighted by Gasteiger charge is 2.13. The first-order valence-corrected chi connectivity index (χ1v) is 8.01. The molecule has 3 rings (SSSR count). The minimum atomic E-state index is -0.524. The zero-order valence-electron chi connectivity index (χ0n) is 14.2. The van der Waals surface area contributed by atoms with Gasteiger partial charge in [-0.15, -0.1) is 0 Å². The van der Waals surface area contributed by atoms with E-state index < -0.39 is 11.5 Å². The Morgan fingerprint density at radius 3 is 2.62 bits per heavy atom. The normalized spacial score (nSPS) is 10.2. The number of anilines is 1. The Bertz CT molecular complexity index is 951. The van der Waals surface area contributed by atoms with Gasteiger partial charge in [-0.3, -0.25) is 9.59 Å². The first-order chi connectivity index (χ1) is 12.7. The van der Waals surface area contributed by atoms with E-state index >= 15 is 0 Å². The van der Waals surface area contributed by atoms with Gasteiger partial charge in [-0.05, 0) is 42.0 Å². The Morgan fingerprint density at radius 1 is 1.04 bits per heavy atom.